The van der Waals surface area contributed by atoms with Gasteiger partial charge in [0.25, 0.3) is 0 Å². The zero-order valence-electron chi connectivity index (χ0n) is 14.5. The van der Waals surface area contributed by atoms with Crippen LogP contribution in [0.4, 0.5) is 0 Å². The molecule has 25 heavy (non-hydrogen) atoms. The molecule has 2 heterocycles. The summed E-state index contributed by atoms with van der Waals surface area (Å²) < 4.78 is 7.73. The third kappa shape index (κ3) is 3.04. The number of fused-ring (bicyclic) bond motifs is 3. The first-order chi connectivity index (χ1) is 12.1. The van der Waals surface area contributed by atoms with Gasteiger partial charge < -0.3 is 9.64 Å². The quantitative estimate of drug-likeness (QED) is 0.573. The lowest BCUT2D eigenvalue weighted by atomic mass is 10.2. The van der Waals surface area contributed by atoms with E-state index in [0.717, 1.165) is 34.1 Å². The molecule has 4 rings (SSSR count). The lowest BCUT2D eigenvalue weighted by Crippen LogP contribution is -2.10. The molecule has 0 aliphatic heterocycles. The van der Waals surface area contributed by atoms with Gasteiger partial charge in [-0.15, -0.1) is 0 Å². The van der Waals surface area contributed by atoms with Crippen molar-refractivity contribution in [2.45, 2.75) is 6.54 Å². The minimum absolute atomic E-state index is 0.336. The predicted octanol–water partition coefficient (Wildman–Crippen LogP) is 3.37. The molecule has 4 aromatic rings. The number of hydrogen-bond donors (Lipinski definition) is 0. The van der Waals surface area contributed by atoms with Gasteiger partial charge in [0.1, 0.15) is 11.3 Å². The maximum atomic E-state index is 5.90. The number of aromatic nitrogens is 4. The van der Waals surface area contributed by atoms with E-state index in [-0.39, 0.29) is 0 Å². The van der Waals surface area contributed by atoms with Crippen LogP contribution in [0, 0.1) is 0 Å². The largest absolute Gasteiger partial charge is 0.424 e. The van der Waals surface area contributed by atoms with Gasteiger partial charge in [-0.25, -0.2) is 4.98 Å². The fourth-order valence-corrected chi connectivity index (χ4v) is 2.96. The molecule has 0 aliphatic rings. The molecule has 0 spiro atoms. The molecule has 6 heteroatoms. The van der Waals surface area contributed by atoms with Crippen molar-refractivity contribution in [1.82, 2.24) is 24.6 Å². The van der Waals surface area contributed by atoms with Crippen LogP contribution in [-0.4, -0.2) is 38.7 Å². The summed E-state index contributed by atoms with van der Waals surface area (Å²) in [5.41, 5.74) is 3.00. The van der Waals surface area contributed by atoms with E-state index in [0.29, 0.717) is 6.01 Å². The van der Waals surface area contributed by atoms with Crippen molar-refractivity contribution in [2.75, 3.05) is 14.1 Å². The monoisotopic (exact) mass is 333 g/mol. The molecule has 0 N–H and O–H groups in total. The lowest BCUT2D eigenvalue weighted by molar-refractivity contribution is 0.399. The highest BCUT2D eigenvalue weighted by atomic mass is 16.5. The van der Waals surface area contributed by atoms with Crippen molar-refractivity contribution in [1.29, 1.82) is 0 Å². The van der Waals surface area contributed by atoms with Crippen LogP contribution in [0.5, 0.6) is 11.8 Å². The molecule has 0 aliphatic carbocycles. The molecular weight excluding hydrogens is 314 g/mol. The van der Waals surface area contributed by atoms with Gasteiger partial charge in [0.05, 0.1) is 11.7 Å². The summed E-state index contributed by atoms with van der Waals surface area (Å²) in [6.45, 7) is 0.853. The Hall–Kier alpha value is -2.99. The van der Waals surface area contributed by atoms with E-state index in [4.69, 9.17) is 4.74 Å². The SMILES string of the molecule is CN(C)Cc1cccc(Oc2ncc3ccc4cnn(C)c4c3n2)c1. The van der Waals surface area contributed by atoms with E-state index in [1.54, 1.807) is 6.20 Å². The van der Waals surface area contributed by atoms with Gasteiger partial charge in [0.2, 0.25) is 0 Å². The van der Waals surface area contributed by atoms with Gasteiger partial charge in [0.15, 0.2) is 0 Å². The maximum absolute atomic E-state index is 5.90. The number of nitrogens with zero attached hydrogens (tertiary/aromatic N) is 5. The second-order valence-corrected chi connectivity index (χ2v) is 6.35. The van der Waals surface area contributed by atoms with Crippen LogP contribution in [0.2, 0.25) is 0 Å². The molecule has 0 radical (unpaired) electrons. The first kappa shape index (κ1) is 15.5. The standard InChI is InChI=1S/C19H19N5O/c1-23(2)12-13-5-4-6-16(9-13)25-19-20-10-14-7-8-15-11-21-24(3)18(15)17(14)22-19/h4-11H,12H2,1-3H3. The molecule has 2 aromatic carbocycles. The Morgan fingerprint density at radius 2 is 1.92 bits per heavy atom. The van der Waals surface area contributed by atoms with Gasteiger partial charge in [-0.3, -0.25) is 4.68 Å². The van der Waals surface area contributed by atoms with Crippen LogP contribution in [-0.2, 0) is 13.6 Å². The summed E-state index contributed by atoms with van der Waals surface area (Å²) >= 11 is 0. The third-order valence-corrected chi connectivity index (χ3v) is 4.04. The Bertz CT molecular complexity index is 1050. The lowest BCUT2D eigenvalue weighted by Gasteiger charge is -2.11. The van der Waals surface area contributed by atoms with E-state index in [1.165, 1.54) is 5.56 Å². The average Bonchev–Trinajstić information content (AvgIpc) is 2.96. The minimum Gasteiger partial charge on any atom is -0.424 e. The zero-order chi connectivity index (χ0) is 17.4. The van der Waals surface area contributed by atoms with Crippen molar-refractivity contribution in [3.8, 4) is 11.8 Å². The van der Waals surface area contributed by atoms with Crippen LogP contribution in [0.1, 0.15) is 5.56 Å². The highest BCUT2D eigenvalue weighted by molar-refractivity contribution is 6.02. The Morgan fingerprint density at radius 1 is 1.08 bits per heavy atom. The molecule has 126 valence electrons. The Labute approximate surface area is 145 Å². The highest BCUT2D eigenvalue weighted by Gasteiger charge is 2.10. The van der Waals surface area contributed by atoms with E-state index < -0.39 is 0 Å². The minimum atomic E-state index is 0.336. The van der Waals surface area contributed by atoms with Crippen molar-refractivity contribution < 1.29 is 4.74 Å². The zero-order valence-corrected chi connectivity index (χ0v) is 14.5. The molecule has 2 aromatic heterocycles. The van der Waals surface area contributed by atoms with E-state index in [1.807, 2.05) is 62.4 Å². The molecule has 0 unspecified atom stereocenters. The van der Waals surface area contributed by atoms with Crippen molar-refractivity contribution in [3.63, 3.8) is 0 Å². The fourth-order valence-electron chi connectivity index (χ4n) is 2.96. The van der Waals surface area contributed by atoms with E-state index >= 15 is 0 Å². The summed E-state index contributed by atoms with van der Waals surface area (Å²) in [5, 5.41) is 6.32. The molecule has 0 bridgehead atoms. The molecule has 0 amide bonds. The average molecular weight is 333 g/mol. The summed E-state index contributed by atoms with van der Waals surface area (Å²) in [4.78, 5) is 11.1. The van der Waals surface area contributed by atoms with Crippen molar-refractivity contribution in [3.05, 3.63) is 54.4 Å². The second kappa shape index (κ2) is 6.14. The normalized spacial score (nSPS) is 11.5. The number of aryl methyl sites for hydroxylation is 1. The molecule has 0 atom stereocenters. The van der Waals surface area contributed by atoms with Crippen LogP contribution in [0.15, 0.2) is 48.8 Å². The van der Waals surface area contributed by atoms with Gasteiger partial charge in [-0.2, -0.15) is 10.1 Å². The number of ether oxygens (including phenoxy) is 1. The van der Waals surface area contributed by atoms with Gasteiger partial charge in [0, 0.05) is 30.6 Å². The highest BCUT2D eigenvalue weighted by Crippen LogP contribution is 2.26. The Morgan fingerprint density at radius 3 is 2.76 bits per heavy atom. The van der Waals surface area contributed by atoms with Crippen LogP contribution in [0.3, 0.4) is 0 Å². The summed E-state index contributed by atoms with van der Waals surface area (Å²) in [6, 6.07) is 12.3. The second-order valence-electron chi connectivity index (χ2n) is 6.35. The molecule has 6 nitrogen and oxygen atoms in total. The van der Waals surface area contributed by atoms with Crippen molar-refractivity contribution in [2.24, 2.45) is 7.05 Å². The van der Waals surface area contributed by atoms with Gasteiger partial charge in [-0.1, -0.05) is 24.3 Å². The summed E-state index contributed by atoms with van der Waals surface area (Å²) in [7, 11) is 5.99. The van der Waals surface area contributed by atoms with Gasteiger partial charge in [-0.05, 0) is 31.8 Å². The Balaban J connectivity index is 1.72. The van der Waals surface area contributed by atoms with E-state index in [9.17, 15) is 0 Å². The first-order valence-corrected chi connectivity index (χ1v) is 8.09. The smallest absolute Gasteiger partial charge is 0.322 e. The molecular formula is C19H19N5O. The fraction of sp³-hybridized carbons (Fsp3) is 0.211. The molecule has 0 saturated heterocycles. The number of hydrogen-bond acceptors (Lipinski definition) is 5. The van der Waals surface area contributed by atoms with Crippen molar-refractivity contribution >= 4 is 21.8 Å². The topological polar surface area (TPSA) is 56.1 Å². The van der Waals surface area contributed by atoms with Crippen LogP contribution < -0.4 is 4.74 Å². The molecule has 0 fully saturated rings. The number of benzene rings is 2. The van der Waals surface area contributed by atoms with E-state index in [2.05, 4.69) is 26.0 Å². The van der Waals surface area contributed by atoms with Crippen LogP contribution >= 0.6 is 0 Å². The third-order valence-electron chi connectivity index (χ3n) is 4.04. The number of rotatable bonds is 4. The van der Waals surface area contributed by atoms with Crippen LogP contribution in [0.25, 0.3) is 21.8 Å². The maximum Gasteiger partial charge on any atom is 0.322 e. The Kier molecular flexibility index (Phi) is 3.82. The first-order valence-electron chi connectivity index (χ1n) is 8.09. The molecule has 0 saturated carbocycles. The predicted molar refractivity (Wildman–Crippen MR) is 97.7 cm³/mol. The summed E-state index contributed by atoms with van der Waals surface area (Å²) in [5.74, 6) is 0.732. The summed E-state index contributed by atoms with van der Waals surface area (Å²) in [6.07, 6.45) is 3.62. The van der Waals surface area contributed by atoms with Gasteiger partial charge >= 0.3 is 6.01 Å².